The minimum atomic E-state index is -0.949. The van der Waals surface area contributed by atoms with Gasteiger partial charge in [0.15, 0.2) is 11.1 Å². The number of aromatic nitrogens is 3. The molecule has 0 fully saturated rings. The van der Waals surface area contributed by atoms with E-state index in [1.807, 2.05) is 25.1 Å². The van der Waals surface area contributed by atoms with E-state index in [-0.39, 0.29) is 31.0 Å². The second-order valence-corrected chi connectivity index (χ2v) is 14.0. The number of fused-ring (bicyclic) bond motifs is 8. The van der Waals surface area contributed by atoms with Gasteiger partial charge in [0.1, 0.15) is 30.5 Å². The number of halogens is 2. The molecule has 0 unspecified atom stereocenters. The van der Waals surface area contributed by atoms with Gasteiger partial charge in [-0.15, -0.1) is 0 Å². The SMILES string of the molecule is Cc1ccc(-c2cnc3c(c2)[C@]2(COC(N)=N2)c2cc(-c4cccnc4F)ccc2O3)cc1.NC1=N[C@@]2(CO1)c1cc(O)ccc1Oc1ncc(Br)cc12. The van der Waals surface area contributed by atoms with Crippen molar-refractivity contribution in [3.05, 3.63) is 142 Å². The molecule has 0 saturated carbocycles. The molecule has 0 bridgehead atoms. The van der Waals surface area contributed by atoms with Crippen molar-refractivity contribution >= 4 is 28.0 Å². The Kier molecular flexibility index (Phi) is 7.74. The minimum Gasteiger partial charge on any atom is -0.508 e. The highest BCUT2D eigenvalue weighted by Crippen LogP contribution is 2.53. The van der Waals surface area contributed by atoms with Crippen LogP contribution < -0.4 is 20.9 Å². The molecule has 6 aromatic rings. The zero-order valence-electron chi connectivity index (χ0n) is 28.5. The summed E-state index contributed by atoms with van der Waals surface area (Å²) in [5.74, 6) is 1.64. The van der Waals surface area contributed by atoms with E-state index >= 15 is 0 Å². The third kappa shape index (κ3) is 5.45. The molecule has 5 N–H and O–H groups in total. The Morgan fingerprint density at radius 2 is 1.28 bits per heavy atom. The van der Waals surface area contributed by atoms with E-state index in [4.69, 9.17) is 35.4 Å². The number of hydrogen-bond acceptors (Lipinski definition) is 12. The van der Waals surface area contributed by atoms with E-state index in [1.165, 1.54) is 11.8 Å². The molecule has 268 valence electrons. The summed E-state index contributed by atoms with van der Waals surface area (Å²) >= 11 is 3.40. The summed E-state index contributed by atoms with van der Waals surface area (Å²) < 4.78 is 38.2. The van der Waals surface area contributed by atoms with Gasteiger partial charge in [0.2, 0.25) is 17.7 Å². The molecule has 2 atom stereocenters. The highest BCUT2D eigenvalue weighted by molar-refractivity contribution is 9.10. The lowest BCUT2D eigenvalue weighted by molar-refractivity contribution is 0.262. The Balaban J connectivity index is 0.000000157. The fourth-order valence-corrected chi connectivity index (χ4v) is 7.42. The van der Waals surface area contributed by atoms with Crippen molar-refractivity contribution in [1.29, 1.82) is 0 Å². The van der Waals surface area contributed by atoms with E-state index < -0.39 is 17.0 Å². The molecule has 4 aliphatic heterocycles. The molecular formula is C40H29BrFN7O5. The lowest BCUT2D eigenvalue weighted by Crippen LogP contribution is -2.31. The summed E-state index contributed by atoms with van der Waals surface area (Å²) in [6.45, 7) is 2.48. The summed E-state index contributed by atoms with van der Waals surface area (Å²) in [5, 5.41) is 9.80. The number of aromatic hydroxyl groups is 1. The highest BCUT2D eigenvalue weighted by Gasteiger charge is 2.49. The van der Waals surface area contributed by atoms with E-state index in [9.17, 15) is 9.50 Å². The number of nitrogens with two attached hydrogens (primary N) is 2. The van der Waals surface area contributed by atoms with Gasteiger partial charge in [-0.1, -0.05) is 35.9 Å². The molecule has 14 heteroatoms. The zero-order chi connectivity index (χ0) is 37.2. The molecule has 7 heterocycles. The predicted octanol–water partition coefficient (Wildman–Crippen LogP) is 7.20. The van der Waals surface area contributed by atoms with Gasteiger partial charge >= 0.3 is 0 Å². The van der Waals surface area contributed by atoms with E-state index in [2.05, 4.69) is 60.1 Å². The van der Waals surface area contributed by atoms with Crippen LogP contribution in [-0.4, -0.2) is 45.3 Å². The van der Waals surface area contributed by atoms with Crippen LogP contribution in [0.4, 0.5) is 4.39 Å². The Morgan fingerprint density at radius 1 is 0.685 bits per heavy atom. The topological polar surface area (TPSA) is 173 Å². The van der Waals surface area contributed by atoms with Crippen molar-refractivity contribution < 1.29 is 28.4 Å². The van der Waals surface area contributed by atoms with Crippen LogP contribution in [0.5, 0.6) is 29.0 Å². The molecule has 0 radical (unpaired) electrons. The third-order valence-electron chi connectivity index (χ3n) is 9.72. The number of amidine groups is 2. The third-order valence-corrected chi connectivity index (χ3v) is 10.2. The van der Waals surface area contributed by atoms with Crippen LogP contribution in [0, 0.1) is 12.9 Å². The number of phenolic OH excluding ortho intramolecular Hbond substituents is 1. The first-order chi connectivity index (χ1) is 26.1. The van der Waals surface area contributed by atoms with Crippen LogP contribution in [0.15, 0.2) is 118 Å². The number of pyridine rings is 3. The molecule has 3 aromatic heterocycles. The van der Waals surface area contributed by atoms with Crippen molar-refractivity contribution in [1.82, 2.24) is 15.0 Å². The van der Waals surface area contributed by atoms with Gasteiger partial charge in [0, 0.05) is 45.3 Å². The maximum absolute atomic E-state index is 14.4. The van der Waals surface area contributed by atoms with Crippen LogP contribution in [0.3, 0.4) is 0 Å². The number of benzene rings is 3. The maximum atomic E-state index is 14.4. The molecule has 10 rings (SSSR count). The second-order valence-electron chi connectivity index (χ2n) is 13.1. The summed E-state index contributed by atoms with van der Waals surface area (Å²) in [6, 6.07) is 26.0. The van der Waals surface area contributed by atoms with Crippen LogP contribution in [-0.2, 0) is 20.6 Å². The zero-order valence-corrected chi connectivity index (χ0v) is 30.0. The van der Waals surface area contributed by atoms with Crippen LogP contribution >= 0.6 is 15.9 Å². The van der Waals surface area contributed by atoms with E-state index in [0.29, 0.717) is 39.9 Å². The molecule has 2 spiro atoms. The summed E-state index contributed by atoms with van der Waals surface area (Å²) in [6.07, 6.45) is 4.86. The molecule has 0 saturated heterocycles. The number of nitrogens with zero attached hydrogens (tertiary/aromatic N) is 5. The van der Waals surface area contributed by atoms with E-state index in [0.717, 1.165) is 32.3 Å². The quantitative estimate of drug-likeness (QED) is 0.153. The van der Waals surface area contributed by atoms with Crippen LogP contribution in [0.25, 0.3) is 22.3 Å². The molecule has 0 aliphatic carbocycles. The van der Waals surface area contributed by atoms with Crippen molar-refractivity contribution in [2.24, 2.45) is 21.5 Å². The monoisotopic (exact) mass is 785 g/mol. The first-order valence-electron chi connectivity index (χ1n) is 16.8. The van der Waals surface area contributed by atoms with Gasteiger partial charge < -0.3 is 35.5 Å². The molecule has 54 heavy (non-hydrogen) atoms. The van der Waals surface area contributed by atoms with E-state index in [1.54, 1.807) is 54.9 Å². The Labute approximate surface area is 316 Å². The van der Waals surface area contributed by atoms with Crippen molar-refractivity contribution in [3.63, 3.8) is 0 Å². The Bertz CT molecular complexity index is 2510. The average Bonchev–Trinajstić information content (AvgIpc) is 3.76. The maximum Gasteiger partial charge on any atom is 0.283 e. The summed E-state index contributed by atoms with van der Waals surface area (Å²) in [5.41, 5.74) is 17.0. The van der Waals surface area contributed by atoms with Gasteiger partial charge in [-0.05, 0) is 88.6 Å². The number of aryl methyl sites for hydroxylation is 1. The van der Waals surface area contributed by atoms with Crippen LogP contribution in [0.1, 0.15) is 27.8 Å². The number of aliphatic imine (C=N–C) groups is 2. The van der Waals surface area contributed by atoms with Crippen LogP contribution in [0.2, 0.25) is 0 Å². The first-order valence-corrected chi connectivity index (χ1v) is 17.6. The average molecular weight is 787 g/mol. The molecular weight excluding hydrogens is 757 g/mol. The van der Waals surface area contributed by atoms with Gasteiger partial charge in [0.25, 0.3) is 12.0 Å². The highest BCUT2D eigenvalue weighted by atomic mass is 79.9. The number of phenols is 1. The lowest BCUT2D eigenvalue weighted by atomic mass is 9.80. The standard InChI is InChI=1S/C26H19FN4O2.C14H10BrN3O3/c1-15-4-6-16(7-5-15)18-12-21-24(30-13-18)33-22-9-8-17(19-3-2-10-29-23(19)27)11-20(22)26(21)14-32-25(28)31-26;15-7-3-10-12(17-5-7)21-11-2-1-8(19)4-9(11)14(10)6-20-13(16)18-14/h2-13H,14H2,1H3,(H2,28,31);1-5,19H,6H2,(H2,16,18)/t26-;14-/m00/s1. The Morgan fingerprint density at radius 3 is 1.93 bits per heavy atom. The van der Waals surface area contributed by atoms with Gasteiger partial charge in [0.05, 0.1) is 11.1 Å². The van der Waals surface area contributed by atoms with Gasteiger partial charge in [-0.25, -0.2) is 24.9 Å². The number of hydrogen-bond donors (Lipinski definition) is 3. The lowest BCUT2D eigenvalue weighted by Gasteiger charge is -2.33. The summed E-state index contributed by atoms with van der Waals surface area (Å²) in [7, 11) is 0. The summed E-state index contributed by atoms with van der Waals surface area (Å²) in [4.78, 5) is 21.8. The fourth-order valence-electron chi connectivity index (χ4n) is 7.09. The molecule has 12 nitrogen and oxygen atoms in total. The molecule has 3 aromatic carbocycles. The minimum absolute atomic E-state index is 0.0903. The Hall–Kier alpha value is -6.54. The normalized spacial score (nSPS) is 19.7. The van der Waals surface area contributed by atoms with Crippen molar-refractivity contribution in [2.45, 2.75) is 18.0 Å². The van der Waals surface area contributed by atoms with Crippen molar-refractivity contribution in [2.75, 3.05) is 13.2 Å². The predicted molar refractivity (Wildman–Crippen MR) is 201 cm³/mol. The van der Waals surface area contributed by atoms with Gasteiger partial charge in [-0.2, -0.15) is 4.39 Å². The second kappa shape index (κ2) is 12.6. The smallest absolute Gasteiger partial charge is 0.283 e. The van der Waals surface area contributed by atoms with Crippen molar-refractivity contribution in [3.8, 4) is 51.3 Å². The van der Waals surface area contributed by atoms with Gasteiger partial charge in [-0.3, -0.25) is 0 Å². The number of ether oxygens (including phenoxy) is 4. The number of rotatable bonds is 2. The molecule has 0 amide bonds. The largest absolute Gasteiger partial charge is 0.508 e. The first kappa shape index (κ1) is 33.3. The fraction of sp³-hybridized carbons (Fsp3) is 0.125. The molecule has 4 aliphatic rings.